The quantitative estimate of drug-likeness (QED) is 0.914. The van der Waals surface area contributed by atoms with Crippen molar-refractivity contribution in [2.75, 3.05) is 13.6 Å². The van der Waals surface area contributed by atoms with Gasteiger partial charge in [-0.2, -0.15) is 0 Å². The molecule has 0 bridgehead atoms. The van der Waals surface area contributed by atoms with Gasteiger partial charge in [0.2, 0.25) is 0 Å². The number of likely N-dealkylation sites (N-methyl/N-ethyl adjacent to an activating group) is 1. The first kappa shape index (κ1) is 13.6. The summed E-state index contributed by atoms with van der Waals surface area (Å²) >= 11 is 1.71. The highest BCUT2D eigenvalue weighted by Crippen LogP contribution is 2.30. The second-order valence-electron chi connectivity index (χ2n) is 5.73. The third-order valence-electron chi connectivity index (χ3n) is 3.26. The summed E-state index contributed by atoms with van der Waals surface area (Å²) in [7, 11) is 1.76. The fraction of sp³-hybridized carbons (Fsp3) is 0.643. The molecule has 18 heavy (non-hydrogen) atoms. The van der Waals surface area contributed by atoms with Crippen molar-refractivity contribution in [1.29, 1.82) is 0 Å². The van der Waals surface area contributed by atoms with Crippen LogP contribution in [0.25, 0.3) is 0 Å². The average Bonchev–Trinajstić information content (AvgIpc) is 2.69. The largest absolute Gasteiger partial charge is 0.389 e. The number of aliphatic hydroxyl groups is 1. The zero-order valence-corrected chi connectivity index (χ0v) is 12.1. The number of aryl methyl sites for hydroxylation is 1. The highest BCUT2D eigenvalue weighted by Gasteiger charge is 2.25. The zero-order valence-electron chi connectivity index (χ0n) is 11.3. The van der Waals surface area contributed by atoms with Gasteiger partial charge in [0.15, 0.2) is 0 Å². The zero-order chi connectivity index (χ0) is 13.3. The predicted molar refractivity (Wildman–Crippen MR) is 74.2 cm³/mol. The monoisotopic (exact) mass is 267 g/mol. The van der Waals surface area contributed by atoms with Crippen LogP contribution in [0.2, 0.25) is 0 Å². The van der Waals surface area contributed by atoms with E-state index in [1.54, 1.807) is 37.1 Å². The maximum atomic E-state index is 12.4. The van der Waals surface area contributed by atoms with E-state index in [1.165, 1.54) is 23.3 Å². The molecular formula is C14H21NO2S. The van der Waals surface area contributed by atoms with Crippen LogP contribution in [0, 0.1) is 0 Å². The first-order valence-electron chi connectivity index (χ1n) is 6.45. The van der Waals surface area contributed by atoms with Gasteiger partial charge in [-0.05, 0) is 45.1 Å². The number of fused-ring (bicyclic) bond motifs is 1. The van der Waals surface area contributed by atoms with Gasteiger partial charge in [-0.15, -0.1) is 11.3 Å². The lowest BCUT2D eigenvalue weighted by molar-refractivity contribution is 0.0367. The summed E-state index contributed by atoms with van der Waals surface area (Å²) < 4.78 is 0. The Morgan fingerprint density at radius 3 is 2.78 bits per heavy atom. The number of carbonyl (C=O) groups excluding carboxylic acids is 1. The lowest BCUT2D eigenvalue weighted by Gasteiger charge is -2.26. The van der Waals surface area contributed by atoms with Crippen molar-refractivity contribution in [3.63, 3.8) is 0 Å². The minimum atomic E-state index is -0.847. The Balaban J connectivity index is 2.16. The molecule has 0 saturated heterocycles. The van der Waals surface area contributed by atoms with Crippen LogP contribution in [0.3, 0.4) is 0 Å². The van der Waals surface area contributed by atoms with Gasteiger partial charge < -0.3 is 10.0 Å². The van der Waals surface area contributed by atoms with Crippen LogP contribution in [0.5, 0.6) is 0 Å². The van der Waals surface area contributed by atoms with Gasteiger partial charge in [-0.3, -0.25) is 4.79 Å². The van der Waals surface area contributed by atoms with Crippen molar-refractivity contribution >= 4 is 17.2 Å². The van der Waals surface area contributed by atoms with Gasteiger partial charge in [0.25, 0.3) is 5.91 Å². The Morgan fingerprint density at radius 2 is 2.11 bits per heavy atom. The summed E-state index contributed by atoms with van der Waals surface area (Å²) in [6.07, 6.45) is 4.55. The lowest BCUT2D eigenvalue weighted by Crippen LogP contribution is -2.39. The molecule has 0 radical (unpaired) electrons. The summed E-state index contributed by atoms with van der Waals surface area (Å²) in [4.78, 5) is 15.4. The van der Waals surface area contributed by atoms with Crippen molar-refractivity contribution in [3.05, 3.63) is 21.4 Å². The summed E-state index contributed by atoms with van der Waals surface area (Å²) in [5, 5.41) is 11.8. The van der Waals surface area contributed by atoms with E-state index in [0.717, 1.165) is 18.4 Å². The van der Waals surface area contributed by atoms with E-state index in [0.29, 0.717) is 6.54 Å². The Bertz CT molecular complexity index is 445. The van der Waals surface area contributed by atoms with E-state index in [1.807, 2.05) is 5.38 Å². The molecule has 100 valence electrons. The molecule has 4 heteroatoms. The number of amides is 1. The summed E-state index contributed by atoms with van der Waals surface area (Å²) in [5.41, 5.74) is 1.25. The van der Waals surface area contributed by atoms with Crippen molar-refractivity contribution in [2.24, 2.45) is 0 Å². The molecule has 1 aliphatic rings. The molecule has 1 aromatic rings. The van der Waals surface area contributed by atoms with E-state index in [9.17, 15) is 9.90 Å². The minimum Gasteiger partial charge on any atom is -0.389 e. The molecule has 0 spiro atoms. The van der Waals surface area contributed by atoms with E-state index in [2.05, 4.69) is 0 Å². The number of hydrogen-bond donors (Lipinski definition) is 1. The standard InChI is InChI=1S/C14H21NO2S/c1-14(2,17)9-15(3)13(16)11-8-18-12-7-5-4-6-10(11)12/h8,17H,4-7,9H2,1-3H3. The number of thiophene rings is 1. The van der Waals surface area contributed by atoms with Crippen molar-refractivity contribution in [2.45, 2.75) is 45.1 Å². The molecule has 0 saturated carbocycles. The molecule has 1 N–H and O–H groups in total. The van der Waals surface area contributed by atoms with E-state index in [-0.39, 0.29) is 5.91 Å². The van der Waals surface area contributed by atoms with Crippen LogP contribution < -0.4 is 0 Å². The fourth-order valence-corrected chi connectivity index (χ4v) is 3.65. The first-order valence-corrected chi connectivity index (χ1v) is 7.33. The Kier molecular flexibility index (Phi) is 3.78. The lowest BCUT2D eigenvalue weighted by atomic mass is 9.95. The van der Waals surface area contributed by atoms with Gasteiger partial charge in [0, 0.05) is 23.8 Å². The molecule has 1 aliphatic carbocycles. The van der Waals surface area contributed by atoms with E-state index < -0.39 is 5.60 Å². The minimum absolute atomic E-state index is 0.0384. The highest BCUT2D eigenvalue weighted by molar-refractivity contribution is 7.10. The number of nitrogens with zero attached hydrogens (tertiary/aromatic N) is 1. The topological polar surface area (TPSA) is 40.5 Å². The Labute approximate surface area is 112 Å². The summed E-state index contributed by atoms with van der Waals surface area (Å²) in [6, 6.07) is 0. The molecule has 0 aliphatic heterocycles. The van der Waals surface area contributed by atoms with Crippen LogP contribution in [0.15, 0.2) is 5.38 Å². The molecule has 0 unspecified atom stereocenters. The van der Waals surface area contributed by atoms with Crippen LogP contribution in [-0.2, 0) is 12.8 Å². The van der Waals surface area contributed by atoms with Crippen LogP contribution in [0.4, 0.5) is 0 Å². The Hall–Kier alpha value is -0.870. The highest BCUT2D eigenvalue weighted by atomic mass is 32.1. The molecule has 1 amide bonds. The van der Waals surface area contributed by atoms with E-state index in [4.69, 9.17) is 0 Å². The molecule has 0 fully saturated rings. The predicted octanol–water partition coefficient (Wildman–Crippen LogP) is 2.47. The van der Waals surface area contributed by atoms with Gasteiger partial charge in [0.1, 0.15) is 0 Å². The van der Waals surface area contributed by atoms with Gasteiger partial charge in [-0.1, -0.05) is 0 Å². The Morgan fingerprint density at radius 1 is 1.44 bits per heavy atom. The van der Waals surface area contributed by atoms with Crippen LogP contribution >= 0.6 is 11.3 Å². The number of carbonyl (C=O) groups is 1. The maximum absolute atomic E-state index is 12.4. The van der Waals surface area contributed by atoms with Crippen molar-refractivity contribution in [3.8, 4) is 0 Å². The molecule has 1 heterocycles. The third kappa shape index (κ3) is 2.93. The molecule has 0 atom stereocenters. The SMILES string of the molecule is CN(CC(C)(C)O)C(=O)c1csc2c1CCCC2. The van der Waals surface area contributed by atoms with Gasteiger partial charge >= 0.3 is 0 Å². The summed E-state index contributed by atoms with van der Waals surface area (Å²) in [5.74, 6) is 0.0384. The second-order valence-corrected chi connectivity index (χ2v) is 6.70. The molecule has 0 aromatic carbocycles. The van der Waals surface area contributed by atoms with Gasteiger partial charge in [-0.25, -0.2) is 0 Å². The second kappa shape index (κ2) is 5.02. The molecule has 3 nitrogen and oxygen atoms in total. The summed E-state index contributed by atoms with van der Waals surface area (Å²) in [6.45, 7) is 3.80. The average molecular weight is 267 g/mol. The van der Waals surface area contributed by atoms with E-state index >= 15 is 0 Å². The van der Waals surface area contributed by atoms with Crippen molar-refractivity contribution in [1.82, 2.24) is 4.90 Å². The third-order valence-corrected chi connectivity index (χ3v) is 4.35. The van der Waals surface area contributed by atoms with Crippen molar-refractivity contribution < 1.29 is 9.90 Å². The van der Waals surface area contributed by atoms with Gasteiger partial charge in [0.05, 0.1) is 11.2 Å². The maximum Gasteiger partial charge on any atom is 0.254 e. The smallest absolute Gasteiger partial charge is 0.254 e. The van der Waals surface area contributed by atoms with Crippen LogP contribution in [-0.4, -0.2) is 35.1 Å². The van der Waals surface area contributed by atoms with Crippen LogP contribution in [0.1, 0.15) is 47.5 Å². The molecule has 1 aromatic heterocycles. The molecule has 2 rings (SSSR count). The fourth-order valence-electron chi connectivity index (χ4n) is 2.53. The normalized spacial score (nSPS) is 15.3. The first-order chi connectivity index (χ1) is 8.38. The molecular weight excluding hydrogens is 246 g/mol. The number of hydrogen-bond acceptors (Lipinski definition) is 3. The number of rotatable bonds is 3.